The Kier molecular flexibility index (Phi) is 5.61. The Morgan fingerprint density at radius 1 is 1.04 bits per heavy atom. The third-order valence-corrected chi connectivity index (χ3v) is 4.85. The third kappa shape index (κ3) is 4.74. The fourth-order valence-corrected chi connectivity index (χ4v) is 3.23. The van der Waals surface area contributed by atoms with Gasteiger partial charge in [-0.3, -0.25) is 4.90 Å². The topological polar surface area (TPSA) is 35.6 Å². The van der Waals surface area contributed by atoms with E-state index in [0.717, 1.165) is 49.0 Å². The van der Waals surface area contributed by atoms with Gasteiger partial charge in [-0.25, -0.2) is 4.79 Å². The minimum atomic E-state index is -0.0157. The maximum Gasteiger partial charge on any atom is 0.321 e. The SMILES string of the molecule is Cc1ccc(NC(=O)N2CCN(Cc3ccc(Cl)cc3)CC2)c(C)c1. The number of aryl methyl sites for hydroxylation is 2. The molecule has 2 aromatic rings. The zero-order valence-corrected chi connectivity index (χ0v) is 15.5. The molecule has 0 saturated carbocycles. The summed E-state index contributed by atoms with van der Waals surface area (Å²) in [5, 5.41) is 3.79. The van der Waals surface area contributed by atoms with Gasteiger partial charge in [0, 0.05) is 43.4 Å². The average molecular weight is 358 g/mol. The molecule has 1 aliphatic heterocycles. The van der Waals surface area contributed by atoms with Gasteiger partial charge in [0.1, 0.15) is 0 Å². The van der Waals surface area contributed by atoms with Gasteiger partial charge in [0.15, 0.2) is 0 Å². The molecule has 3 rings (SSSR count). The fraction of sp³-hybridized carbons (Fsp3) is 0.350. The zero-order valence-electron chi connectivity index (χ0n) is 14.8. The Morgan fingerprint density at radius 2 is 1.72 bits per heavy atom. The number of piperazine rings is 1. The normalized spacial score (nSPS) is 15.2. The highest BCUT2D eigenvalue weighted by Crippen LogP contribution is 2.17. The van der Waals surface area contributed by atoms with E-state index in [1.807, 2.05) is 36.1 Å². The van der Waals surface area contributed by atoms with Crippen molar-refractivity contribution in [3.63, 3.8) is 0 Å². The Bertz CT molecular complexity index is 737. The van der Waals surface area contributed by atoms with Crippen molar-refractivity contribution >= 4 is 23.3 Å². The van der Waals surface area contributed by atoms with Crippen LogP contribution in [0.15, 0.2) is 42.5 Å². The number of anilines is 1. The largest absolute Gasteiger partial charge is 0.322 e. The summed E-state index contributed by atoms with van der Waals surface area (Å²) in [5.74, 6) is 0. The van der Waals surface area contributed by atoms with Crippen LogP contribution in [0.25, 0.3) is 0 Å². The molecule has 0 aromatic heterocycles. The van der Waals surface area contributed by atoms with Crippen molar-refractivity contribution in [3.05, 3.63) is 64.2 Å². The van der Waals surface area contributed by atoms with Gasteiger partial charge in [-0.15, -0.1) is 0 Å². The molecule has 0 atom stereocenters. The second kappa shape index (κ2) is 7.89. The minimum Gasteiger partial charge on any atom is -0.322 e. The van der Waals surface area contributed by atoms with Crippen LogP contribution in [0.5, 0.6) is 0 Å². The summed E-state index contributed by atoms with van der Waals surface area (Å²) < 4.78 is 0. The fourth-order valence-electron chi connectivity index (χ4n) is 3.11. The summed E-state index contributed by atoms with van der Waals surface area (Å²) in [5.41, 5.74) is 4.43. The van der Waals surface area contributed by atoms with Crippen LogP contribution >= 0.6 is 11.6 Å². The van der Waals surface area contributed by atoms with Gasteiger partial charge in [0.05, 0.1) is 0 Å². The summed E-state index contributed by atoms with van der Waals surface area (Å²) >= 11 is 5.93. The third-order valence-electron chi connectivity index (χ3n) is 4.60. The molecule has 1 heterocycles. The smallest absolute Gasteiger partial charge is 0.321 e. The Balaban J connectivity index is 1.51. The van der Waals surface area contributed by atoms with E-state index in [4.69, 9.17) is 11.6 Å². The van der Waals surface area contributed by atoms with E-state index in [1.165, 1.54) is 11.1 Å². The maximum atomic E-state index is 12.5. The van der Waals surface area contributed by atoms with Crippen LogP contribution in [0, 0.1) is 13.8 Å². The number of amides is 2. The first-order chi connectivity index (χ1) is 12.0. The first-order valence-corrected chi connectivity index (χ1v) is 8.99. The van der Waals surface area contributed by atoms with Crippen LogP contribution in [-0.2, 0) is 6.54 Å². The van der Waals surface area contributed by atoms with E-state index < -0.39 is 0 Å². The van der Waals surface area contributed by atoms with Crippen molar-refractivity contribution < 1.29 is 4.79 Å². The number of benzene rings is 2. The summed E-state index contributed by atoms with van der Waals surface area (Å²) in [6.07, 6.45) is 0. The predicted octanol–water partition coefficient (Wildman–Crippen LogP) is 4.31. The Morgan fingerprint density at radius 3 is 2.36 bits per heavy atom. The average Bonchev–Trinajstić information content (AvgIpc) is 2.60. The van der Waals surface area contributed by atoms with Gasteiger partial charge in [-0.05, 0) is 43.2 Å². The first-order valence-electron chi connectivity index (χ1n) is 8.61. The summed E-state index contributed by atoms with van der Waals surface area (Å²) in [6, 6.07) is 14.0. The standard InChI is InChI=1S/C20H24ClN3O/c1-15-3-8-19(16(2)13-15)22-20(25)24-11-9-23(10-12-24)14-17-4-6-18(21)7-5-17/h3-8,13H,9-12,14H2,1-2H3,(H,22,25). The van der Waals surface area contributed by atoms with Crippen molar-refractivity contribution in [1.29, 1.82) is 0 Å². The van der Waals surface area contributed by atoms with E-state index in [2.05, 4.69) is 35.3 Å². The lowest BCUT2D eigenvalue weighted by molar-refractivity contribution is 0.143. The highest BCUT2D eigenvalue weighted by atomic mass is 35.5. The molecule has 132 valence electrons. The number of carbonyl (C=O) groups is 1. The highest BCUT2D eigenvalue weighted by molar-refractivity contribution is 6.30. The molecule has 1 saturated heterocycles. The molecule has 0 spiro atoms. The molecule has 1 N–H and O–H groups in total. The van der Waals surface area contributed by atoms with Gasteiger partial charge >= 0.3 is 6.03 Å². The van der Waals surface area contributed by atoms with Gasteiger partial charge in [0.2, 0.25) is 0 Å². The molecule has 1 aliphatic rings. The van der Waals surface area contributed by atoms with Crippen molar-refractivity contribution in [2.45, 2.75) is 20.4 Å². The molecule has 2 amide bonds. The molecule has 0 aliphatic carbocycles. The lowest BCUT2D eigenvalue weighted by Crippen LogP contribution is -2.49. The van der Waals surface area contributed by atoms with E-state index >= 15 is 0 Å². The summed E-state index contributed by atoms with van der Waals surface area (Å²) in [6.45, 7) is 8.20. The number of carbonyl (C=O) groups excluding carboxylic acids is 1. The van der Waals surface area contributed by atoms with Gasteiger partial charge in [-0.1, -0.05) is 41.4 Å². The number of nitrogens with zero attached hydrogens (tertiary/aromatic N) is 2. The molecule has 25 heavy (non-hydrogen) atoms. The second-order valence-electron chi connectivity index (χ2n) is 6.64. The lowest BCUT2D eigenvalue weighted by atomic mass is 10.1. The molecule has 2 aromatic carbocycles. The Labute approximate surface area is 154 Å². The maximum absolute atomic E-state index is 12.5. The van der Waals surface area contributed by atoms with Gasteiger partial charge in [0.25, 0.3) is 0 Å². The lowest BCUT2D eigenvalue weighted by Gasteiger charge is -2.34. The molecule has 1 fully saturated rings. The minimum absolute atomic E-state index is 0.0157. The molecule has 0 radical (unpaired) electrons. The molecule has 0 bridgehead atoms. The number of hydrogen-bond acceptors (Lipinski definition) is 2. The molecule has 4 nitrogen and oxygen atoms in total. The van der Waals surface area contributed by atoms with Crippen LogP contribution in [0.1, 0.15) is 16.7 Å². The van der Waals surface area contributed by atoms with E-state index in [0.29, 0.717) is 0 Å². The van der Waals surface area contributed by atoms with Crippen LogP contribution in [0.3, 0.4) is 0 Å². The second-order valence-corrected chi connectivity index (χ2v) is 7.07. The zero-order chi connectivity index (χ0) is 17.8. The quantitative estimate of drug-likeness (QED) is 0.888. The van der Waals surface area contributed by atoms with Crippen molar-refractivity contribution in [3.8, 4) is 0 Å². The number of rotatable bonds is 3. The number of hydrogen-bond donors (Lipinski definition) is 1. The van der Waals surface area contributed by atoms with E-state index in [9.17, 15) is 4.79 Å². The number of urea groups is 1. The van der Waals surface area contributed by atoms with Gasteiger partial charge in [-0.2, -0.15) is 0 Å². The summed E-state index contributed by atoms with van der Waals surface area (Å²) in [4.78, 5) is 16.7. The van der Waals surface area contributed by atoms with Crippen LogP contribution < -0.4 is 5.32 Å². The number of halogens is 1. The summed E-state index contributed by atoms with van der Waals surface area (Å²) in [7, 11) is 0. The molecule has 0 unspecified atom stereocenters. The number of nitrogens with one attached hydrogen (secondary N) is 1. The molecule has 5 heteroatoms. The van der Waals surface area contributed by atoms with Crippen LogP contribution in [0.4, 0.5) is 10.5 Å². The van der Waals surface area contributed by atoms with Crippen molar-refractivity contribution in [2.75, 3.05) is 31.5 Å². The van der Waals surface area contributed by atoms with Crippen molar-refractivity contribution in [2.24, 2.45) is 0 Å². The Hall–Kier alpha value is -2.04. The monoisotopic (exact) mass is 357 g/mol. The molecular formula is C20H24ClN3O. The molecular weight excluding hydrogens is 334 g/mol. The van der Waals surface area contributed by atoms with E-state index in [1.54, 1.807) is 0 Å². The van der Waals surface area contributed by atoms with Crippen LogP contribution in [0.2, 0.25) is 5.02 Å². The van der Waals surface area contributed by atoms with Crippen LogP contribution in [-0.4, -0.2) is 42.0 Å². The first kappa shape index (κ1) is 17.8. The van der Waals surface area contributed by atoms with Gasteiger partial charge < -0.3 is 10.2 Å². The highest BCUT2D eigenvalue weighted by Gasteiger charge is 2.21. The van der Waals surface area contributed by atoms with E-state index in [-0.39, 0.29) is 6.03 Å². The predicted molar refractivity (Wildman–Crippen MR) is 103 cm³/mol. The van der Waals surface area contributed by atoms with Crippen molar-refractivity contribution in [1.82, 2.24) is 9.80 Å².